The normalized spacial score (nSPS) is 12.9. The van der Waals surface area contributed by atoms with Gasteiger partial charge in [0, 0.05) is 28.6 Å². The third-order valence-electron chi connectivity index (χ3n) is 3.09. The minimum absolute atomic E-state index is 0.489. The Kier molecular flexibility index (Phi) is 3.46. The number of thiophene rings is 1. The fourth-order valence-electron chi connectivity index (χ4n) is 1.91. The summed E-state index contributed by atoms with van der Waals surface area (Å²) < 4.78 is 1.35. The summed E-state index contributed by atoms with van der Waals surface area (Å²) in [5.74, 6) is 0. The van der Waals surface area contributed by atoms with Crippen molar-refractivity contribution in [2.75, 3.05) is 18.5 Å². The van der Waals surface area contributed by atoms with Crippen molar-refractivity contribution in [1.29, 1.82) is 0 Å². The maximum absolute atomic E-state index is 5.61. The molecule has 0 spiro atoms. The van der Waals surface area contributed by atoms with E-state index in [0.717, 1.165) is 13.0 Å². The molecule has 0 aliphatic carbocycles. The molecule has 0 aliphatic rings. The SMILES string of the molecule is CC(CCN)N(C)c1csc2ccccc12. The second kappa shape index (κ2) is 4.85. The lowest BCUT2D eigenvalue weighted by molar-refractivity contribution is 0.637. The fraction of sp³-hybridized carbons (Fsp3) is 0.385. The molecule has 2 aromatic rings. The van der Waals surface area contributed by atoms with Crippen LogP contribution in [0.4, 0.5) is 5.69 Å². The molecule has 2 rings (SSSR count). The number of nitrogens with two attached hydrogens (primary N) is 1. The van der Waals surface area contributed by atoms with Crippen molar-refractivity contribution in [3.8, 4) is 0 Å². The van der Waals surface area contributed by atoms with Gasteiger partial charge in [-0.3, -0.25) is 0 Å². The van der Waals surface area contributed by atoms with Gasteiger partial charge < -0.3 is 10.6 Å². The lowest BCUT2D eigenvalue weighted by atomic mass is 10.1. The molecule has 1 aromatic heterocycles. The number of nitrogens with zero attached hydrogens (tertiary/aromatic N) is 1. The van der Waals surface area contributed by atoms with Gasteiger partial charge in [0.15, 0.2) is 0 Å². The van der Waals surface area contributed by atoms with Gasteiger partial charge >= 0.3 is 0 Å². The van der Waals surface area contributed by atoms with E-state index in [1.54, 1.807) is 11.3 Å². The van der Waals surface area contributed by atoms with E-state index in [1.165, 1.54) is 15.8 Å². The summed E-state index contributed by atoms with van der Waals surface area (Å²) in [6.07, 6.45) is 1.03. The zero-order valence-corrected chi connectivity index (χ0v) is 10.6. The quantitative estimate of drug-likeness (QED) is 0.881. The molecular weight excluding hydrogens is 216 g/mol. The predicted octanol–water partition coefficient (Wildman–Crippen LogP) is 3.07. The van der Waals surface area contributed by atoms with E-state index >= 15 is 0 Å². The standard InChI is InChI=1S/C13H18N2S/c1-10(7-8-14)15(2)12-9-16-13-6-4-3-5-11(12)13/h3-6,9-10H,7-8,14H2,1-2H3. The van der Waals surface area contributed by atoms with E-state index in [-0.39, 0.29) is 0 Å². The molecule has 2 N–H and O–H groups in total. The van der Waals surface area contributed by atoms with Crippen LogP contribution < -0.4 is 10.6 Å². The molecule has 3 heteroatoms. The number of benzene rings is 1. The Hall–Kier alpha value is -1.06. The van der Waals surface area contributed by atoms with Crippen LogP contribution in [0, 0.1) is 0 Å². The summed E-state index contributed by atoms with van der Waals surface area (Å²) in [6, 6.07) is 9.03. The minimum atomic E-state index is 0.489. The van der Waals surface area contributed by atoms with E-state index in [9.17, 15) is 0 Å². The van der Waals surface area contributed by atoms with Crippen LogP contribution in [0.2, 0.25) is 0 Å². The molecule has 1 heterocycles. The Bertz CT molecular complexity index is 464. The van der Waals surface area contributed by atoms with Crippen molar-refractivity contribution in [3.05, 3.63) is 29.6 Å². The topological polar surface area (TPSA) is 29.3 Å². The molecule has 0 saturated heterocycles. The Labute approximate surface area is 101 Å². The largest absolute Gasteiger partial charge is 0.371 e. The first-order chi connectivity index (χ1) is 7.74. The van der Waals surface area contributed by atoms with Crippen molar-refractivity contribution in [3.63, 3.8) is 0 Å². The highest BCUT2D eigenvalue weighted by Crippen LogP contribution is 2.33. The maximum Gasteiger partial charge on any atom is 0.0554 e. The molecule has 1 atom stereocenters. The summed E-state index contributed by atoms with van der Waals surface area (Å²) in [4.78, 5) is 2.33. The molecule has 1 aromatic carbocycles. The molecule has 0 bridgehead atoms. The summed E-state index contributed by atoms with van der Waals surface area (Å²) >= 11 is 1.80. The molecule has 0 saturated carbocycles. The van der Waals surface area contributed by atoms with Gasteiger partial charge in [-0.1, -0.05) is 18.2 Å². The molecule has 2 nitrogen and oxygen atoms in total. The average molecular weight is 234 g/mol. The van der Waals surface area contributed by atoms with Gasteiger partial charge in [0.25, 0.3) is 0 Å². The van der Waals surface area contributed by atoms with Crippen LogP contribution >= 0.6 is 11.3 Å². The summed E-state index contributed by atoms with van der Waals surface area (Å²) in [7, 11) is 2.15. The molecule has 0 aliphatic heterocycles. The highest BCUT2D eigenvalue weighted by atomic mass is 32.1. The number of fused-ring (bicyclic) bond motifs is 1. The van der Waals surface area contributed by atoms with Gasteiger partial charge in [-0.2, -0.15) is 0 Å². The summed E-state index contributed by atoms with van der Waals surface area (Å²) in [5.41, 5.74) is 6.93. The second-order valence-corrected chi connectivity index (χ2v) is 5.07. The van der Waals surface area contributed by atoms with Crippen LogP contribution in [0.5, 0.6) is 0 Å². The zero-order chi connectivity index (χ0) is 11.5. The van der Waals surface area contributed by atoms with E-state index in [1.807, 2.05) is 0 Å². The van der Waals surface area contributed by atoms with Crippen molar-refractivity contribution >= 4 is 27.1 Å². The highest BCUT2D eigenvalue weighted by molar-refractivity contribution is 7.17. The van der Waals surface area contributed by atoms with Crippen molar-refractivity contribution in [1.82, 2.24) is 0 Å². The molecule has 86 valence electrons. The van der Waals surface area contributed by atoms with Crippen LogP contribution in [0.1, 0.15) is 13.3 Å². The predicted molar refractivity (Wildman–Crippen MR) is 73.4 cm³/mol. The monoisotopic (exact) mass is 234 g/mol. The van der Waals surface area contributed by atoms with Crippen molar-refractivity contribution in [2.45, 2.75) is 19.4 Å². The highest BCUT2D eigenvalue weighted by Gasteiger charge is 2.12. The number of anilines is 1. The molecule has 0 radical (unpaired) electrons. The van der Waals surface area contributed by atoms with E-state index in [2.05, 4.69) is 48.5 Å². The van der Waals surface area contributed by atoms with Crippen LogP contribution in [0.25, 0.3) is 10.1 Å². The molecule has 0 fully saturated rings. The van der Waals surface area contributed by atoms with Crippen molar-refractivity contribution in [2.24, 2.45) is 5.73 Å². The van der Waals surface area contributed by atoms with Gasteiger partial charge in [-0.15, -0.1) is 11.3 Å². The van der Waals surface area contributed by atoms with Crippen molar-refractivity contribution < 1.29 is 0 Å². The van der Waals surface area contributed by atoms with Gasteiger partial charge in [0.2, 0.25) is 0 Å². The molecule has 0 amide bonds. The van der Waals surface area contributed by atoms with Gasteiger partial charge in [0.05, 0.1) is 5.69 Å². The first kappa shape index (κ1) is 11.4. The Balaban J connectivity index is 2.32. The van der Waals surface area contributed by atoms with Crippen LogP contribution in [0.15, 0.2) is 29.6 Å². The average Bonchev–Trinajstić information content (AvgIpc) is 2.72. The Morgan fingerprint density at radius 1 is 1.38 bits per heavy atom. The van der Waals surface area contributed by atoms with Crippen LogP contribution in [0.3, 0.4) is 0 Å². The number of hydrogen-bond donors (Lipinski definition) is 1. The summed E-state index contributed by atoms with van der Waals surface area (Å²) in [6.45, 7) is 2.97. The first-order valence-corrected chi connectivity index (χ1v) is 6.51. The molecule has 1 unspecified atom stereocenters. The molecule has 16 heavy (non-hydrogen) atoms. The Morgan fingerprint density at radius 2 is 2.12 bits per heavy atom. The van der Waals surface area contributed by atoms with Crippen LogP contribution in [-0.2, 0) is 0 Å². The number of rotatable bonds is 4. The lowest BCUT2D eigenvalue weighted by Crippen LogP contribution is -2.30. The minimum Gasteiger partial charge on any atom is -0.371 e. The van der Waals surface area contributed by atoms with E-state index in [0.29, 0.717) is 6.04 Å². The van der Waals surface area contributed by atoms with E-state index in [4.69, 9.17) is 5.73 Å². The lowest BCUT2D eigenvalue weighted by Gasteiger charge is -2.26. The number of hydrogen-bond acceptors (Lipinski definition) is 3. The van der Waals surface area contributed by atoms with Gasteiger partial charge in [0.1, 0.15) is 0 Å². The zero-order valence-electron chi connectivity index (χ0n) is 9.81. The maximum atomic E-state index is 5.61. The second-order valence-electron chi connectivity index (χ2n) is 4.15. The third-order valence-corrected chi connectivity index (χ3v) is 4.04. The Morgan fingerprint density at radius 3 is 2.88 bits per heavy atom. The van der Waals surface area contributed by atoms with Gasteiger partial charge in [-0.05, 0) is 26.0 Å². The smallest absolute Gasteiger partial charge is 0.0554 e. The molecular formula is C13H18N2S. The third kappa shape index (κ3) is 2.06. The first-order valence-electron chi connectivity index (χ1n) is 5.63. The van der Waals surface area contributed by atoms with Crippen LogP contribution in [-0.4, -0.2) is 19.6 Å². The van der Waals surface area contributed by atoms with E-state index < -0.39 is 0 Å². The van der Waals surface area contributed by atoms with Gasteiger partial charge in [-0.25, -0.2) is 0 Å². The summed E-state index contributed by atoms with van der Waals surface area (Å²) in [5, 5.41) is 3.58. The fourth-order valence-corrected chi connectivity index (χ4v) is 2.90.